The zero-order valence-electron chi connectivity index (χ0n) is 9.78. The highest BCUT2D eigenvalue weighted by Crippen LogP contribution is 2.33. The Morgan fingerprint density at radius 3 is 2.68 bits per heavy atom. The summed E-state index contributed by atoms with van der Waals surface area (Å²) in [6, 6.07) is 7.55. The maximum absolute atomic E-state index is 11.1. The van der Waals surface area contributed by atoms with E-state index in [0.717, 1.165) is 22.0 Å². The predicted octanol–water partition coefficient (Wildman–Crippen LogP) is 2.71. The third-order valence-electron chi connectivity index (χ3n) is 2.41. The van der Waals surface area contributed by atoms with Gasteiger partial charge in [-0.1, -0.05) is 23.9 Å². The van der Waals surface area contributed by atoms with Crippen LogP contribution in [0.3, 0.4) is 0 Å². The molecule has 0 amide bonds. The molecule has 0 fully saturated rings. The molecular formula is C12H11NO4S2. The zero-order chi connectivity index (χ0) is 13.8. The first kappa shape index (κ1) is 13.8. The molecule has 1 unspecified atom stereocenters. The van der Waals surface area contributed by atoms with Crippen LogP contribution in [0.1, 0.15) is 12.8 Å². The average molecular weight is 297 g/mol. The van der Waals surface area contributed by atoms with Crippen LogP contribution in [0.4, 0.5) is 0 Å². The number of thioether (sulfide) groups is 1. The van der Waals surface area contributed by atoms with Gasteiger partial charge in [0, 0.05) is 6.42 Å². The lowest BCUT2D eigenvalue weighted by Crippen LogP contribution is -2.17. The molecule has 1 aromatic carbocycles. The van der Waals surface area contributed by atoms with Crippen LogP contribution in [0.2, 0.25) is 0 Å². The molecule has 0 bridgehead atoms. The highest BCUT2D eigenvalue weighted by atomic mass is 32.2. The fraction of sp³-hybridized carbons (Fsp3) is 0.250. The number of aromatic nitrogens is 1. The Hall–Kier alpha value is -1.60. The molecule has 2 aromatic rings. The summed E-state index contributed by atoms with van der Waals surface area (Å²) in [4.78, 5) is 25.9. The van der Waals surface area contributed by atoms with Crippen molar-refractivity contribution in [2.45, 2.75) is 22.4 Å². The lowest BCUT2D eigenvalue weighted by Gasteiger charge is -2.07. The van der Waals surface area contributed by atoms with Crippen LogP contribution < -0.4 is 0 Å². The van der Waals surface area contributed by atoms with Gasteiger partial charge in [-0.05, 0) is 18.6 Å². The minimum atomic E-state index is -1.01. The molecule has 2 rings (SSSR count). The number of nitrogens with zero attached hydrogens (tertiary/aromatic N) is 1. The van der Waals surface area contributed by atoms with E-state index in [4.69, 9.17) is 10.2 Å². The Morgan fingerprint density at radius 1 is 1.32 bits per heavy atom. The van der Waals surface area contributed by atoms with E-state index in [9.17, 15) is 9.59 Å². The molecule has 1 aromatic heterocycles. The number of hydrogen-bond donors (Lipinski definition) is 2. The van der Waals surface area contributed by atoms with Gasteiger partial charge in [0.1, 0.15) is 5.25 Å². The average Bonchev–Trinajstić information content (AvgIpc) is 2.76. The molecule has 0 spiro atoms. The monoisotopic (exact) mass is 297 g/mol. The Labute approximate surface area is 117 Å². The second kappa shape index (κ2) is 6.03. The third kappa shape index (κ3) is 3.68. The summed E-state index contributed by atoms with van der Waals surface area (Å²) in [6.45, 7) is 0. The van der Waals surface area contributed by atoms with Crippen molar-refractivity contribution in [3.8, 4) is 0 Å². The number of carboxylic acids is 2. The van der Waals surface area contributed by atoms with Crippen molar-refractivity contribution in [2.24, 2.45) is 0 Å². The van der Waals surface area contributed by atoms with Gasteiger partial charge in [-0.2, -0.15) is 0 Å². The van der Waals surface area contributed by atoms with E-state index >= 15 is 0 Å². The summed E-state index contributed by atoms with van der Waals surface area (Å²) in [6.07, 6.45) is -0.0693. The first-order valence-corrected chi connectivity index (χ1v) is 7.22. The van der Waals surface area contributed by atoms with Gasteiger partial charge in [0.2, 0.25) is 0 Å². The molecule has 0 aliphatic heterocycles. The van der Waals surface area contributed by atoms with Crippen LogP contribution in [0.15, 0.2) is 28.6 Å². The van der Waals surface area contributed by atoms with E-state index in [1.807, 2.05) is 24.3 Å². The highest BCUT2D eigenvalue weighted by Gasteiger charge is 2.21. The molecule has 0 saturated carbocycles. The molecule has 5 nitrogen and oxygen atoms in total. The van der Waals surface area contributed by atoms with Crippen molar-refractivity contribution in [2.75, 3.05) is 0 Å². The van der Waals surface area contributed by atoms with Crippen LogP contribution >= 0.6 is 23.1 Å². The Morgan fingerprint density at radius 2 is 2.05 bits per heavy atom. The number of thiazole rings is 1. The lowest BCUT2D eigenvalue weighted by molar-refractivity contribution is -0.138. The van der Waals surface area contributed by atoms with Crippen LogP contribution in [0, 0.1) is 0 Å². The SMILES string of the molecule is O=C(O)CCC(Sc1nc2ccccc2s1)C(=O)O. The van der Waals surface area contributed by atoms with Crippen molar-refractivity contribution in [1.82, 2.24) is 4.98 Å². The summed E-state index contributed by atoms with van der Waals surface area (Å²) < 4.78 is 1.64. The van der Waals surface area contributed by atoms with Gasteiger partial charge in [0.15, 0.2) is 4.34 Å². The minimum Gasteiger partial charge on any atom is -0.481 e. The molecule has 19 heavy (non-hydrogen) atoms. The number of rotatable bonds is 6. The molecule has 1 atom stereocenters. The number of aliphatic carboxylic acids is 2. The number of carbonyl (C=O) groups is 2. The van der Waals surface area contributed by atoms with Gasteiger partial charge in [-0.25, -0.2) is 4.98 Å². The maximum Gasteiger partial charge on any atom is 0.317 e. The van der Waals surface area contributed by atoms with Gasteiger partial charge in [-0.15, -0.1) is 11.3 Å². The fourth-order valence-corrected chi connectivity index (χ4v) is 3.75. The Bertz CT molecular complexity index is 578. The summed E-state index contributed by atoms with van der Waals surface area (Å²) in [5, 5.41) is 16.9. The number of carboxylic acid groups (broad SMARTS) is 2. The number of para-hydroxylation sites is 1. The van der Waals surface area contributed by atoms with E-state index < -0.39 is 17.2 Å². The van der Waals surface area contributed by atoms with E-state index in [1.54, 1.807) is 0 Å². The zero-order valence-corrected chi connectivity index (χ0v) is 11.4. The van der Waals surface area contributed by atoms with Crippen LogP contribution in [0.25, 0.3) is 10.2 Å². The molecule has 100 valence electrons. The molecule has 0 aliphatic rings. The topological polar surface area (TPSA) is 87.5 Å². The van der Waals surface area contributed by atoms with E-state index in [-0.39, 0.29) is 12.8 Å². The van der Waals surface area contributed by atoms with E-state index in [1.165, 1.54) is 11.3 Å². The third-order valence-corrected chi connectivity index (χ3v) is 4.80. The second-order valence-electron chi connectivity index (χ2n) is 3.82. The first-order chi connectivity index (χ1) is 9.06. The van der Waals surface area contributed by atoms with Crippen molar-refractivity contribution in [3.05, 3.63) is 24.3 Å². The number of benzene rings is 1. The highest BCUT2D eigenvalue weighted by molar-refractivity contribution is 8.02. The normalized spacial score (nSPS) is 12.4. The smallest absolute Gasteiger partial charge is 0.317 e. The van der Waals surface area contributed by atoms with Crippen LogP contribution in [-0.4, -0.2) is 32.4 Å². The summed E-state index contributed by atoms with van der Waals surface area (Å²) >= 11 is 2.53. The van der Waals surface area contributed by atoms with Crippen LogP contribution in [-0.2, 0) is 9.59 Å². The molecule has 0 saturated heterocycles. The largest absolute Gasteiger partial charge is 0.481 e. The first-order valence-electron chi connectivity index (χ1n) is 5.53. The van der Waals surface area contributed by atoms with Gasteiger partial charge in [0.25, 0.3) is 0 Å². The van der Waals surface area contributed by atoms with Crippen molar-refractivity contribution < 1.29 is 19.8 Å². The molecule has 0 aliphatic carbocycles. The van der Waals surface area contributed by atoms with Crippen molar-refractivity contribution in [1.29, 1.82) is 0 Å². The summed E-state index contributed by atoms with van der Waals surface area (Å²) in [5.41, 5.74) is 0.831. The van der Waals surface area contributed by atoms with Gasteiger partial charge >= 0.3 is 11.9 Å². The molecular weight excluding hydrogens is 286 g/mol. The molecule has 0 radical (unpaired) electrons. The van der Waals surface area contributed by atoms with Crippen molar-refractivity contribution in [3.63, 3.8) is 0 Å². The molecule has 2 N–H and O–H groups in total. The van der Waals surface area contributed by atoms with Gasteiger partial charge in [0.05, 0.1) is 10.2 Å². The Kier molecular flexibility index (Phi) is 4.39. The summed E-state index contributed by atoms with van der Waals surface area (Å²) in [7, 11) is 0. The molecule has 7 heteroatoms. The van der Waals surface area contributed by atoms with Crippen molar-refractivity contribution >= 4 is 45.3 Å². The second-order valence-corrected chi connectivity index (χ2v) is 6.31. The number of hydrogen-bond acceptors (Lipinski definition) is 5. The molecule has 1 heterocycles. The standard InChI is InChI=1S/C12H11NO4S2/c14-10(15)6-5-9(11(16)17)19-12-13-7-3-1-2-4-8(7)18-12/h1-4,9H,5-6H2,(H,14,15)(H,16,17). The van der Waals surface area contributed by atoms with Gasteiger partial charge in [-0.3, -0.25) is 9.59 Å². The van der Waals surface area contributed by atoms with E-state index in [2.05, 4.69) is 4.98 Å². The maximum atomic E-state index is 11.1. The minimum absolute atomic E-state index is 0.0886. The van der Waals surface area contributed by atoms with Gasteiger partial charge < -0.3 is 10.2 Å². The Balaban J connectivity index is 2.11. The van der Waals surface area contributed by atoms with Crippen LogP contribution in [0.5, 0.6) is 0 Å². The number of fused-ring (bicyclic) bond motifs is 1. The van der Waals surface area contributed by atoms with E-state index in [0.29, 0.717) is 4.34 Å². The fourth-order valence-electron chi connectivity index (χ4n) is 1.51. The predicted molar refractivity (Wildman–Crippen MR) is 73.8 cm³/mol. The lowest BCUT2D eigenvalue weighted by atomic mass is 10.2. The summed E-state index contributed by atoms with van der Waals surface area (Å²) in [5.74, 6) is -2.00. The quantitative estimate of drug-likeness (QED) is 0.797.